The predicted octanol–water partition coefficient (Wildman–Crippen LogP) is 6.75. The Hall–Kier alpha value is -1.92. The lowest BCUT2D eigenvalue weighted by molar-refractivity contribution is -0.171. The van der Waals surface area contributed by atoms with E-state index in [2.05, 4.69) is 65.8 Å². The lowest BCUT2D eigenvalue weighted by Crippen LogP contribution is -2.57. The second-order valence-electron chi connectivity index (χ2n) is 16.1. The van der Waals surface area contributed by atoms with Crippen LogP contribution in [0.25, 0.3) is 0 Å². The van der Waals surface area contributed by atoms with Crippen molar-refractivity contribution in [1.29, 1.82) is 0 Å². The topological polar surface area (TPSA) is 61.8 Å². The number of hydrogen-bond donors (Lipinski definition) is 0. The monoisotopic (exact) mass is 572 g/mol. The molecule has 0 aromatic heterocycles. The molecule has 2 heterocycles. The summed E-state index contributed by atoms with van der Waals surface area (Å²) in [5.41, 5.74) is 3.08. The van der Waals surface area contributed by atoms with Crippen LogP contribution in [0.5, 0.6) is 0 Å². The summed E-state index contributed by atoms with van der Waals surface area (Å²) in [6, 6.07) is 8.85. The number of rotatable bonds is 4. The highest BCUT2D eigenvalue weighted by atomic mass is 16.7. The van der Waals surface area contributed by atoms with E-state index < -0.39 is 0 Å². The molecule has 0 radical (unpaired) electrons. The zero-order valence-electron chi connectivity index (χ0n) is 26.6. The van der Waals surface area contributed by atoms with E-state index in [9.17, 15) is 9.59 Å². The summed E-state index contributed by atoms with van der Waals surface area (Å²) in [5, 5.41) is 0. The number of carbonyl (C=O) groups excluding carboxylic acids is 2. The average molecular weight is 573 g/mol. The lowest BCUT2D eigenvalue weighted by Gasteiger charge is -2.61. The number of carbonyl (C=O) groups is 2. The van der Waals surface area contributed by atoms with Crippen LogP contribution in [0.15, 0.2) is 35.9 Å². The first-order valence-electron chi connectivity index (χ1n) is 16.7. The highest BCUT2D eigenvalue weighted by Crippen LogP contribution is 2.71. The van der Waals surface area contributed by atoms with Crippen molar-refractivity contribution in [2.24, 2.45) is 34.5 Å². The fraction of sp³-hybridized carbons (Fsp3) is 0.722. The van der Waals surface area contributed by atoms with E-state index in [1.54, 1.807) is 0 Å². The van der Waals surface area contributed by atoms with Gasteiger partial charge in [-0.15, -0.1) is 0 Å². The van der Waals surface area contributed by atoms with Gasteiger partial charge in [0.2, 0.25) is 0 Å². The standard InChI is InChI=1S/C36H49BO5/c1-32(2)33(3,4)42-37(41-32)26-11-8-23(9-12-26)7-10-24-21-25-22-27(38)13-17-34(25,5)28-14-18-35(6)29(31(24)28)15-19-36(35)20-16-30(39)40-36/h8-9,11-12,22,24,28-29,31H,7,10,13-21H2,1-6H3. The van der Waals surface area contributed by atoms with Crippen LogP contribution in [-0.2, 0) is 30.1 Å². The number of ether oxygens (including phenoxy) is 1. The number of aryl methyl sites for hydroxylation is 1. The molecule has 0 bridgehead atoms. The van der Waals surface area contributed by atoms with E-state index in [4.69, 9.17) is 14.0 Å². The molecule has 2 saturated heterocycles. The van der Waals surface area contributed by atoms with Crippen LogP contribution < -0.4 is 5.46 Å². The maximum atomic E-state index is 12.6. The molecule has 3 saturated carbocycles. The van der Waals surface area contributed by atoms with Crippen LogP contribution in [0.3, 0.4) is 0 Å². The molecule has 4 aliphatic carbocycles. The summed E-state index contributed by atoms with van der Waals surface area (Å²) in [5.74, 6) is 2.66. The van der Waals surface area contributed by atoms with Crippen molar-refractivity contribution in [2.45, 2.75) is 129 Å². The maximum Gasteiger partial charge on any atom is 0.494 e. The minimum Gasteiger partial charge on any atom is -0.458 e. The van der Waals surface area contributed by atoms with E-state index in [0.29, 0.717) is 42.3 Å². The molecule has 2 aliphatic heterocycles. The minimum absolute atomic E-state index is 0.00569. The van der Waals surface area contributed by atoms with Crippen LogP contribution in [-0.4, -0.2) is 35.7 Å². The molecule has 5 fully saturated rings. The zero-order valence-corrected chi connectivity index (χ0v) is 26.6. The number of benzene rings is 1. The van der Waals surface area contributed by atoms with Gasteiger partial charge in [-0.25, -0.2) is 0 Å². The highest BCUT2D eigenvalue weighted by molar-refractivity contribution is 6.62. The number of hydrogen-bond acceptors (Lipinski definition) is 5. The van der Waals surface area contributed by atoms with Gasteiger partial charge in [-0.2, -0.15) is 0 Å². The molecule has 6 aliphatic rings. The maximum absolute atomic E-state index is 12.6. The van der Waals surface area contributed by atoms with E-state index in [1.807, 2.05) is 6.08 Å². The Bertz CT molecular complexity index is 1300. The number of allylic oxidation sites excluding steroid dienone is 1. The Labute approximate surface area is 252 Å². The van der Waals surface area contributed by atoms with Crippen molar-refractivity contribution >= 4 is 24.3 Å². The average Bonchev–Trinajstić information content (AvgIpc) is 3.53. The van der Waals surface area contributed by atoms with Gasteiger partial charge >= 0.3 is 13.1 Å². The van der Waals surface area contributed by atoms with Crippen LogP contribution in [0.1, 0.15) is 111 Å². The van der Waals surface area contributed by atoms with Crippen molar-refractivity contribution in [3.63, 3.8) is 0 Å². The SMILES string of the molecule is CC12CCC(=O)C=C1CC(CCc1ccc(B3OC(C)(C)C(C)(C)O3)cc1)C1C2CCC2(C)C1CCC21CCC(=O)O1. The summed E-state index contributed by atoms with van der Waals surface area (Å²) < 4.78 is 18.8. The van der Waals surface area contributed by atoms with Gasteiger partial charge in [0.25, 0.3) is 0 Å². The quantitative estimate of drug-likeness (QED) is 0.295. The van der Waals surface area contributed by atoms with Crippen LogP contribution in [0.4, 0.5) is 0 Å². The lowest BCUT2D eigenvalue weighted by atomic mass is 9.43. The van der Waals surface area contributed by atoms with E-state index in [-0.39, 0.29) is 40.7 Å². The Kier molecular flexibility index (Phi) is 6.55. The van der Waals surface area contributed by atoms with Crippen LogP contribution in [0, 0.1) is 34.5 Å². The summed E-state index contributed by atoms with van der Waals surface area (Å²) in [7, 11) is -0.337. The first-order chi connectivity index (χ1) is 19.8. The summed E-state index contributed by atoms with van der Waals surface area (Å²) in [6.07, 6.45) is 12.9. The van der Waals surface area contributed by atoms with Gasteiger partial charge in [-0.1, -0.05) is 43.7 Å². The second-order valence-corrected chi connectivity index (χ2v) is 16.1. The molecule has 1 aromatic rings. The highest BCUT2D eigenvalue weighted by Gasteiger charge is 2.68. The fourth-order valence-electron chi connectivity index (χ4n) is 10.5. The third-order valence-electron chi connectivity index (χ3n) is 13.8. The van der Waals surface area contributed by atoms with Gasteiger partial charge in [0.1, 0.15) is 5.60 Å². The van der Waals surface area contributed by atoms with Gasteiger partial charge in [0, 0.05) is 18.3 Å². The molecule has 226 valence electrons. The van der Waals surface area contributed by atoms with Gasteiger partial charge in [-0.05, 0) is 132 Å². The molecule has 6 heteroatoms. The molecule has 1 aromatic carbocycles. The largest absolute Gasteiger partial charge is 0.494 e. The van der Waals surface area contributed by atoms with Gasteiger partial charge in [0.15, 0.2) is 5.78 Å². The number of ketones is 1. The van der Waals surface area contributed by atoms with Crippen molar-refractivity contribution in [3.8, 4) is 0 Å². The third-order valence-corrected chi connectivity index (χ3v) is 13.8. The van der Waals surface area contributed by atoms with E-state index >= 15 is 0 Å². The minimum atomic E-state index is -0.346. The Morgan fingerprint density at radius 1 is 0.833 bits per heavy atom. The Morgan fingerprint density at radius 3 is 2.19 bits per heavy atom. The second kappa shape index (κ2) is 9.54. The van der Waals surface area contributed by atoms with Crippen molar-refractivity contribution in [1.82, 2.24) is 0 Å². The third kappa shape index (κ3) is 4.17. The molecule has 7 rings (SSSR count). The van der Waals surface area contributed by atoms with Gasteiger partial charge < -0.3 is 14.0 Å². The summed E-state index contributed by atoms with van der Waals surface area (Å²) >= 11 is 0. The molecule has 0 amide bonds. The Morgan fingerprint density at radius 2 is 1.52 bits per heavy atom. The summed E-state index contributed by atoms with van der Waals surface area (Å²) in [4.78, 5) is 25.0. The molecule has 5 nitrogen and oxygen atoms in total. The number of fused-ring (bicyclic) bond motifs is 6. The molecule has 42 heavy (non-hydrogen) atoms. The van der Waals surface area contributed by atoms with E-state index in [0.717, 1.165) is 56.8 Å². The number of esters is 1. The van der Waals surface area contributed by atoms with Gasteiger partial charge in [-0.3, -0.25) is 9.59 Å². The van der Waals surface area contributed by atoms with Crippen molar-refractivity contribution in [2.75, 3.05) is 0 Å². The zero-order chi connectivity index (χ0) is 29.7. The molecule has 1 spiro atoms. The molecule has 0 N–H and O–H groups in total. The molecule has 7 unspecified atom stereocenters. The molecular weight excluding hydrogens is 523 g/mol. The fourth-order valence-corrected chi connectivity index (χ4v) is 10.5. The normalized spacial score (nSPS) is 41.8. The molecule has 7 atom stereocenters. The van der Waals surface area contributed by atoms with Crippen molar-refractivity contribution < 1.29 is 23.6 Å². The van der Waals surface area contributed by atoms with Crippen LogP contribution >= 0.6 is 0 Å². The first kappa shape index (κ1) is 28.8. The van der Waals surface area contributed by atoms with E-state index in [1.165, 1.54) is 17.6 Å². The molecular formula is C36H49BO5. The van der Waals surface area contributed by atoms with Crippen LogP contribution in [0.2, 0.25) is 0 Å². The smallest absolute Gasteiger partial charge is 0.458 e. The first-order valence-corrected chi connectivity index (χ1v) is 16.7. The summed E-state index contributed by atoms with van der Waals surface area (Å²) in [6.45, 7) is 13.3. The van der Waals surface area contributed by atoms with Crippen molar-refractivity contribution in [3.05, 3.63) is 41.5 Å². The predicted molar refractivity (Wildman–Crippen MR) is 164 cm³/mol. The van der Waals surface area contributed by atoms with Gasteiger partial charge in [0.05, 0.1) is 11.2 Å². The Balaban J connectivity index is 1.14.